The quantitative estimate of drug-likeness (QED) is 0.577. The first kappa shape index (κ1) is 16.7. The van der Waals surface area contributed by atoms with Gasteiger partial charge < -0.3 is 30.1 Å². The number of nitrogens with one attached hydrogen (secondary N) is 1. The van der Waals surface area contributed by atoms with Crippen molar-refractivity contribution in [3.8, 4) is 0 Å². The predicted molar refractivity (Wildman–Crippen MR) is 78.6 cm³/mol. The van der Waals surface area contributed by atoms with Crippen LogP contribution in [0.1, 0.15) is 21.5 Å². The standard InChI is InChI=1S/C15H21NO6/c1-7-4-9(15(20)21-3)10(5-8(7)2)16-14-13(19)12(18)11(6-17)22-14/h4-5,11-14,16-19H,6H2,1-3H3/t11-,12+,13+,14-/m0/s1. The van der Waals surface area contributed by atoms with Crippen molar-refractivity contribution in [2.24, 2.45) is 0 Å². The minimum atomic E-state index is -1.22. The Morgan fingerprint density at radius 3 is 2.45 bits per heavy atom. The summed E-state index contributed by atoms with van der Waals surface area (Å²) < 4.78 is 10.1. The zero-order valence-electron chi connectivity index (χ0n) is 12.7. The maximum absolute atomic E-state index is 11.9. The first-order valence-corrected chi connectivity index (χ1v) is 6.97. The van der Waals surface area contributed by atoms with Gasteiger partial charge in [-0.2, -0.15) is 0 Å². The van der Waals surface area contributed by atoms with E-state index in [-0.39, 0.29) is 0 Å². The van der Waals surface area contributed by atoms with Crippen molar-refractivity contribution in [2.75, 3.05) is 19.0 Å². The van der Waals surface area contributed by atoms with E-state index in [1.54, 1.807) is 12.1 Å². The van der Waals surface area contributed by atoms with Crippen LogP contribution in [0.3, 0.4) is 0 Å². The van der Waals surface area contributed by atoms with Crippen molar-refractivity contribution >= 4 is 11.7 Å². The molecule has 4 atom stereocenters. The van der Waals surface area contributed by atoms with Crippen molar-refractivity contribution in [3.63, 3.8) is 0 Å². The molecule has 0 unspecified atom stereocenters. The molecule has 0 radical (unpaired) electrons. The Hall–Kier alpha value is -1.67. The van der Waals surface area contributed by atoms with Crippen LogP contribution in [-0.2, 0) is 9.47 Å². The highest BCUT2D eigenvalue weighted by molar-refractivity contribution is 5.96. The molecule has 4 N–H and O–H groups in total. The normalized spacial score (nSPS) is 27.7. The molecule has 7 heteroatoms. The van der Waals surface area contributed by atoms with Gasteiger partial charge in [0, 0.05) is 0 Å². The van der Waals surface area contributed by atoms with Crippen LogP contribution >= 0.6 is 0 Å². The summed E-state index contributed by atoms with van der Waals surface area (Å²) in [5.74, 6) is -0.516. The summed E-state index contributed by atoms with van der Waals surface area (Å²) >= 11 is 0. The van der Waals surface area contributed by atoms with Crippen LogP contribution in [0.15, 0.2) is 12.1 Å². The lowest BCUT2D eigenvalue weighted by Crippen LogP contribution is -2.36. The molecule has 0 saturated carbocycles. The van der Waals surface area contributed by atoms with Crippen molar-refractivity contribution in [1.29, 1.82) is 0 Å². The van der Waals surface area contributed by atoms with Gasteiger partial charge in [0.1, 0.15) is 18.3 Å². The molecule has 1 heterocycles. The van der Waals surface area contributed by atoms with E-state index < -0.39 is 37.1 Å². The second-order valence-corrected chi connectivity index (χ2v) is 5.38. The number of hydrogen-bond acceptors (Lipinski definition) is 7. The summed E-state index contributed by atoms with van der Waals surface area (Å²) in [6.45, 7) is 3.35. The number of carbonyl (C=O) groups excluding carboxylic acids is 1. The van der Waals surface area contributed by atoms with Crippen molar-refractivity contribution in [3.05, 3.63) is 28.8 Å². The van der Waals surface area contributed by atoms with Gasteiger partial charge in [-0.15, -0.1) is 0 Å². The van der Waals surface area contributed by atoms with E-state index in [0.717, 1.165) is 11.1 Å². The van der Waals surface area contributed by atoms with E-state index in [9.17, 15) is 15.0 Å². The minimum Gasteiger partial charge on any atom is -0.465 e. The molecule has 0 spiro atoms. The maximum Gasteiger partial charge on any atom is 0.339 e. The molecule has 7 nitrogen and oxygen atoms in total. The lowest BCUT2D eigenvalue weighted by Gasteiger charge is -2.20. The SMILES string of the molecule is COC(=O)c1cc(C)c(C)cc1N[C@H]1O[C@@H](CO)[C@@H](O)[C@H]1O. The Labute approximate surface area is 128 Å². The number of rotatable bonds is 4. The fourth-order valence-corrected chi connectivity index (χ4v) is 2.39. The molecule has 0 bridgehead atoms. The third-order valence-corrected chi connectivity index (χ3v) is 3.88. The number of carbonyl (C=O) groups is 1. The van der Waals surface area contributed by atoms with Gasteiger partial charge in [0.05, 0.1) is 25.0 Å². The number of ether oxygens (including phenoxy) is 2. The highest BCUT2D eigenvalue weighted by Gasteiger charge is 2.42. The molecule has 0 aromatic heterocycles. The number of aliphatic hydroxyl groups is 3. The number of esters is 1. The number of anilines is 1. The number of aryl methyl sites for hydroxylation is 2. The predicted octanol–water partition coefficient (Wildman–Crippen LogP) is -0.0591. The first-order chi connectivity index (χ1) is 10.4. The van der Waals surface area contributed by atoms with Gasteiger partial charge in [-0.05, 0) is 37.1 Å². The average Bonchev–Trinajstić information content (AvgIpc) is 2.77. The highest BCUT2D eigenvalue weighted by atomic mass is 16.6. The summed E-state index contributed by atoms with van der Waals surface area (Å²) in [6.07, 6.45) is -4.22. The van der Waals surface area contributed by atoms with E-state index >= 15 is 0 Å². The van der Waals surface area contributed by atoms with Crippen LogP contribution in [0.5, 0.6) is 0 Å². The molecule has 2 rings (SSSR count). The van der Waals surface area contributed by atoms with Crippen LogP contribution in [0.25, 0.3) is 0 Å². The molecule has 1 aliphatic heterocycles. The van der Waals surface area contributed by atoms with Crippen LogP contribution < -0.4 is 5.32 Å². The number of benzene rings is 1. The maximum atomic E-state index is 11.9. The molecule has 0 aliphatic carbocycles. The number of hydrogen-bond donors (Lipinski definition) is 4. The second kappa shape index (κ2) is 6.62. The van der Waals surface area contributed by atoms with E-state index in [2.05, 4.69) is 5.32 Å². The summed E-state index contributed by atoms with van der Waals surface area (Å²) in [6, 6.07) is 3.43. The van der Waals surface area contributed by atoms with Gasteiger partial charge in [-0.1, -0.05) is 0 Å². The third-order valence-electron chi connectivity index (χ3n) is 3.88. The molecule has 1 saturated heterocycles. The molecular formula is C15H21NO6. The van der Waals surface area contributed by atoms with Crippen LogP contribution in [0, 0.1) is 13.8 Å². The minimum absolute atomic E-state index is 0.309. The number of methoxy groups -OCH3 is 1. The Morgan fingerprint density at radius 2 is 1.91 bits per heavy atom. The van der Waals surface area contributed by atoms with Crippen molar-refractivity contribution < 1.29 is 29.6 Å². The van der Waals surface area contributed by atoms with Gasteiger partial charge in [0.25, 0.3) is 0 Å². The molecule has 0 amide bonds. The largest absolute Gasteiger partial charge is 0.465 e. The smallest absolute Gasteiger partial charge is 0.339 e. The molecule has 1 aromatic rings. The van der Waals surface area contributed by atoms with Crippen molar-refractivity contribution in [1.82, 2.24) is 0 Å². The van der Waals surface area contributed by atoms with E-state index in [1.807, 2.05) is 13.8 Å². The first-order valence-electron chi connectivity index (χ1n) is 6.97. The topological polar surface area (TPSA) is 108 Å². The zero-order valence-corrected chi connectivity index (χ0v) is 12.7. The summed E-state index contributed by atoms with van der Waals surface area (Å²) in [7, 11) is 1.29. The Kier molecular flexibility index (Phi) is 5.02. The van der Waals surface area contributed by atoms with Gasteiger partial charge in [0.15, 0.2) is 6.23 Å². The van der Waals surface area contributed by atoms with Gasteiger partial charge in [0.2, 0.25) is 0 Å². The lowest BCUT2D eigenvalue weighted by molar-refractivity contribution is -0.0153. The Bertz CT molecular complexity index is 561. The molecule has 22 heavy (non-hydrogen) atoms. The highest BCUT2D eigenvalue weighted by Crippen LogP contribution is 2.27. The van der Waals surface area contributed by atoms with Crippen molar-refractivity contribution in [2.45, 2.75) is 38.4 Å². The van der Waals surface area contributed by atoms with E-state index in [4.69, 9.17) is 14.6 Å². The van der Waals surface area contributed by atoms with Crippen LogP contribution in [0.4, 0.5) is 5.69 Å². The van der Waals surface area contributed by atoms with Crippen LogP contribution in [-0.4, -0.2) is 59.5 Å². The second-order valence-electron chi connectivity index (χ2n) is 5.38. The fraction of sp³-hybridized carbons (Fsp3) is 0.533. The van der Waals surface area contributed by atoms with E-state index in [0.29, 0.717) is 11.3 Å². The molecule has 1 aromatic carbocycles. The average molecular weight is 311 g/mol. The molecule has 1 aliphatic rings. The summed E-state index contributed by atoms with van der Waals surface area (Å²) in [4.78, 5) is 11.9. The lowest BCUT2D eigenvalue weighted by atomic mass is 10.0. The fourth-order valence-electron chi connectivity index (χ4n) is 2.39. The third kappa shape index (κ3) is 3.07. The molecule has 1 fully saturated rings. The van der Waals surface area contributed by atoms with Gasteiger partial charge >= 0.3 is 5.97 Å². The number of aliphatic hydroxyl groups excluding tert-OH is 3. The Balaban J connectivity index is 2.29. The zero-order chi connectivity index (χ0) is 16.4. The molecule has 122 valence electrons. The molecular weight excluding hydrogens is 290 g/mol. The monoisotopic (exact) mass is 311 g/mol. The summed E-state index contributed by atoms with van der Waals surface area (Å²) in [5.41, 5.74) is 2.61. The van der Waals surface area contributed by atoms with Gasteiger partial charge in [-0.3, -0.25) is 0 Å². The Morgan fingerprint density at radius 1 is 1.27 bits per heavy atom. The van der Waals surface area contributed by atoms with Gasteiger partial charge in [-0.25, -0.2) is 4.79 Å². The summed E-state index contributed by atoms with van der Waals surface area (Å²) in [5, 5.41) is 31.7. The van der Waals surface area contributed by atoms with Crippen LogP contribution in [0.2, 0.25) is 0 Å². The van der Waals surface area contributed by atoms with E-state index in [1.165, 1.54) is 7.11 Å².